The van der Waals surface area contributed by atoms with Gasteiger partial charge in [0.25, 0.3) is 0 Å². The summed E-state index contributed by atoms with van der Waals surface area (Å²) in [6.07, 6.45) is 0.103. The maximum Gasteiger partial charge on any atom is 0.237 e. The van der Waals surface area contributed by atoms with E-state index in [1.165, 1.54) is 0 Å². The molecule has 0 aromatic heterocycles. The van der Waals surface area contributed by atoms with Crippen LogP contribution >= 0.6 is 0 Å². The molecular formula is C14H19N3O3. The van der Waals surface area contributed by atoms with E-state index >= 15 is 0 Å². The highest BCUT2D eigenvalue weighted by atomic mass is 16.5. The molecule has 1 aliphatic rings. The normalized spacial score (nSPS) is 18.2. The second-order valence-electron chi connectivity index (χ2n) is 4.48. The molecule has 1 aliphatic heterocycles. The van der Waals surface area contributed by atoms with E-state index in [4.69, 9.17) is 4.74 Å². The van der Waals surface area contributed by atoms with E-state index in [0.29, 0.717) is 31.1 Å². The van der Waals surface area contributed by atoms with Crippen LogP contribution in [-0.4, -0.2) is 37.6 Å². The molecular weight excluding hydrogens is 258 g/mol. The Morgan fingerprint density at radius 2 is 2.20 bits per heavy atom. The minimum Gasteiger partial charge on any atom is -0.492 e. The molecule has 20 heavy (non-hydrogen) atoms. The van der Waals surface area contributed by atoms with Crippen LogP contribution in [0.15, 0.2) is 24.3 Å². The van der Waals surface area contributed by atoms with Crippen molar-refractivity contribution in [3.63, 3.8) is 0 Å². The third kappa shape index (κ3) is 3.71. The minimum absolute atomic E-state index is 0.103. The van der Waals surface area contributed by atoms with Crippen molar-refractivity contribution >= 4 is 17.5 Å². The Morgan fingerprint density at radius 3 is 2.95 bits per heavy atom. The van der Waals surface area contributed by atoms with Gasteiger partial charge in [0.1, 0.15) is 5.75 Å². The van der Waals surface area contributed by atoms with E-state index in [0.717, 1.165) is 0 Å². The van der Waals surface area contributed by atoms with E-state index in [2.05, 4.69) is 16.0 Å². The Morgan fingerprint density at radius 1 is 1.40 bits per heavy atom. The number of benzene rings is 1. The number of hydrogen-bond donors (Lipinski definition) is 3. The third-order valence-corrected chi connectivity index (χ3v) is 2.98. The highest BCUT2D eigenvalue weighted by molar-refractivity contribution is 5.96. The van der Waals surface area contributed by atoms with Gasteiger partial charge >= 0.3 is 0 Å². The Kier molecular flexibility index (Phi) is 4.95. The monoisotopic (exact) mass is 277 g/mol. The highest BCUT2D eigenvalue weighted by Gasteiger charge is 2.24. The molecule has 1 heterocycles. The van der Waals surface area contributed by atoms with E-state index in [-0.39, 0.29) is 18.2 Å². The summed E-state index contributed by atoms with van der Waals surface area (Å²) in [5.41, 5.74) is 0.621. The van der Waals surface area contributed by atoms with E-state index in [1.807, 2.05) is 19.1 Å². The molecule has 108 valence electrons. The summed E-state index contributed by atoms with van der Waals surface area (Å²) in [6.45, 7) is 3.69. The smallest absolute Gasteiger partial charge is 0.237 e. The van der Waals surface area contributed by atoms with Gasteiger partial charge in [0.15, 0.2) is 0 Å². The SMILES string of the molecule is CCOc1ccccc1NC(=O)C[C@@H]1NCCNC1=O. The van der Waals surface area contributed by atoms with Crippen LogP contribution in [0.25, 0.3) is 0 Å². The first kappa shape index (κ1) is 14.3. The maximum atomic E-state index is 12.0. The lowest BCUT2D eigenvalue weighted by Crippen LogP contribution is -2.53. The molecule has 0 saturated carbocycles. The van der Waals surface area contributed by atoms with Crippen LogP contribution in [0.2, 0.25) is 0 Å². The van der Waals surface area contributed by atoms with Crippen molar-refractivity contribution in [3.8, 4) is 5.75 Å². The predicted octanol–water partition coefficient (Wildman–Crippen LogP) is 0.502. The van der Waals surface area contributed by atoms with Crippen molar-refractivity contribution in [3.05, 3.63) is 24.3 Å². The molecule has 0 radical (unpaired) electrons. The van der Waals surface area contributed by atoms with Crippen molar-refractivity contribution in [1.29, 1.82) is 0 Å². The van der Waals surface area contributed by atoms with Crippen molar-refractivity contribution < 1.29 is 14.3 Å². The fourth-order valence-electron chi connectivity index (χ4n) is 2.05. The standard InChI is InChI=1S/C14H19N3O3/c1-2-20-12-6-4-3-5-10(12)17-13(18)9-11-14(19)16-8-7-15-11/h3-6,11,15H,2,7-9H2,1H3,(H,16,19)(H,17,18)/t11-/m0/s1. The number of nitrogens with one attached hydrogen (secondary N) is 3. The van der Waals surface area contributed by atoms with Gasteiger partial charge < -0.3 is 20.7 Å². The molecule has 6 heteroatoms. The van der Waals surface area contributed by atoms with Crippen LogP contribution in [0.1, 0.15) is 13.3 Å². The zero-order valence-corrected chi connectivity index (χ0v) is 11.4. The van der Waals surface area contributed by atoms with Gasteiger partial charge in [-0.3, -0.25) is 9.59 Å². The van der Waals surface area contributed by atoms with Crippen LogP contribution < -0.4 is 20.7 Å². The molecule has 0 aliphatic carbocycles. The van der Waals surface area contributed by atoms with Gasteiger partial charge in [-0.2, -0.15) is 0 Å². The van der Waals surface area contributed by atoms with Crippen LogP contribution in [0.3, 0.4) is 0 Å². The summed E-state index contributed by atoms with van der Waals surface area (Å²) in [5, 5.41) is 8.53. The van der Waals surface area contributed by atoms with Crippen LogP contribution in [0.5, 0.6) is 5.75 Å². The maximum absolute atomic E-state index is 12.0. The molecule has 2 rings (SSSR count). The topological polar surface area (TPSA) is 79.5 Å². The van der Waals surface area contributed by atoms with E-state index < -0.39 is 6.04 Å². The van der Waals surface area contributed by atoms with Crippen molar-refractivity contribution in [2.75, 3.05) is 25.0 Å². The summed E-state index contributed by atoms with van der Waals surface area (Å²) < 4.78 is 5.44. The van der Waals surface area contributed by atoms with Gasteiger partial charge in [-0.05, 0) is 19.1 Å². The summed E-state index contributed by atoms with van der Waals surface area (Å²) in [7, 11) is 0. The number of anilines is 1. The molecule has 1 saturated heterocycles. The first-order valence-corrected chi connectivity index (χ1v) is 6.73. The number of carbonyl (C=O) groups excluding carboxylic acids is 2. The van der Waals surface area contributed by atoms with Gasteiger partial charge in [-0.25, -0.2) is 0 Å². The fraction of sp³-hybridized carbons (Fsp3) is 0.429. The van der Waals surface area contributed by atoms with Crippen LogP contribution in [-0.2, 0) is 9.59 Å². The Labute approximate surface area is 117 Å². The molecule has 1 aromatic carbocycles. The number of para-hydroxylation sites is 2. The quantitative estimate of drug-likeness (QED) is 0.732. The van der Waals surface area contributed by atoms with Gasteiger partial charge in [-0.15, -0.1) is 0 Å². The largest absolute Gasteiger partial charge is 0.492 e. The Bertz CT molecular complexity index is 490. The number of piperazine rings is 1. The lowest BCUT2D eigenvalue weighted by Gasteiger charge is -2.23. The summed E-state index contributed by atoms with van der Waals surface area (Å²) in [5.74, 6) is 0.278. The summed E-state index contributed by atoms with van der Waals surface area (Å²) in [6, 6.07) is 6.77. The molecule has 6 nitrogen and oxygen atoms in total. The molecule has 1 aromatic rings. The third-order valence-electron chi connectivity index (χ3n) is 2.98. The Hall–Kier alpha value is -2.08. The Balaban J connectivity index is 1.95. The first-order chi connectivity index (χ1) is 9.70. The second-order valence-corrected chi connectivity index (χ2v) is 4.48. The summed E-state index contributed by atoms with van der Waals surface area (Å²) in [4.78, 5) is 23.6. The van der Waals surface area contributed by atoms with Crippen LogP contribution in [0, 0.1) is 0 Å². The number of amides is 2. The number of hydrogen-bond acceptors (Lipinski definition) is 4. The number of carbonyl (C=O) groups is 2. The molecule has 1 fully saturated rings. The number of ether oxygens (including phenoxy) is 1. The fourth-order valence-corrected chi connectivity index (χ4v) is 2.05. The zero-order chi connectivity index (χ0) is 14.4. The van der Waals surface area contributed by atoms with Gasteiger partial charge in [0.05, 0.1) is 24.8 Å². The first-order valence-electron chi connectivity index (χ1n) is 6.73. The highest BCUT2D eigenvalue weighted by Crippen LogP contribution is 2.23. The van der Waals surface area contributed by atoms with E-state index in [1.54, 1.807) is 12.1 Å². The van der Waals surface area contributed by atoms with Gasteiger partial charge in [-0.1, -0.05) is 12.1 Å². The molecule has 1 atom stereocenters. The molecule has 0 spiro atoms. The van der Waals surface area contributed by atoms with E-state index in [9.17, 15) is 9.59 Å². The molecule has 0 bridgehead atoms. The average Bonchev–Trinajstić information content (AvgIpc) is 2.44. The van der Waals surface area contributed by atoms with Crippen molar-refractivity contribution in [1.82, 2.24) is 10.6 Å². The van der Waals surface area contributed by atoms with Crippen molar-refractivity contribution in [2.45, 2.75) is 19.4 Å². The summed E-state index contributed by atoms with van der Waals surface area (Å²) >= 11 is 0. The lowest BCUT2D eigenvalue weighted by molar-refractivity contribution is -0.127. The zero-order valence-electron chi connectivity index (χ0n) is 11.4. The molecule has 0 unspecified atom stereocenters. The predicted molar refractivity (Wildman–Crippen MR) is 75.7 cm³/mol. The minimum atomic E-state index is -0.469. The van der Waals surface area contributed by atoms with Gasteiger partial charge in [0, 0.05) is 13.1 Å². The van der Waals surface area contributed by atoms with Crippen LogP contribution in [0.4, 0.5) is 5.69 Å². The molecule has 3 N–H and O–H groups in total. The van der Waals surface area contributed by atoms with Gasteiger partial charge in [0.2, 0.25) is 11.8 Å². The lowest BCUT2D eigenvalue weighted by atomic mass is 10.1. The van der Waals surface area contributed by atoms with Crippen molar-refractivity contribution in [2.24, 2.45) is 0 Å². The average molecular weight is 277 g/mol. The second kappa shape index (κ2) is 6.91. The number of rotatable bonds is 5. The molecule has 2 amide bonds.